The van der Waals surface area contributed by atoms with Crippen LogP contribution < -0.4 is 0 Å². The van der Waals surface area contributed by atoms with Crippen LogP contribution in [0.2, 0.25) is 0 Å². The minimum atomic E-state index is -4.64. The molecule has 31 heteroatoms. The van der Waals surface area contributed by atoms with Crippen molar-refractivity contribution in [2.24, 2.45) is 0 Å². The van der Waals surface area contributed by atoms with E-state index in [9.17, 15) is 0 Å². The summed E-state index contributed by atoms with van der Waals surface area (Å²) >= 11 is 0. The average molecular weight is 664 g/mol. The van der Waals surface area contributed by atoms with E-state index in [0.29, 0.717) is 0 Å². The largest absolute Gasteiger partial charge is 0.502 e. The first-order valence-corrected chi connectivity index (χ1v) is 14.6. The predicted octanol–water partition coefficient (Wildman–Crippen LogP) is -4.72. The molecular formula is C6H21O26P5. The first-order chi connectivity index (χ1) is 15.5. The van der Waals surface area contributed by atoms with E-state index < -0.39 is 73.6 Å². The van der Waals surface area contributed by atoms with Gasteiger partial charge in [-0.25, -0.2) is 22.8 Å². The lowest BCUT2D eigenvalue weighted by Gasteiger charge is -2.06. The van der Waals surface area contributed by atoms with E-state index in [4.69, 9.17) is 127 Å². The molecule has 0 aliphatic carbocycles. The molecule has 0 heterocycles. The standard InChI is InChI=1S/C6H6O6.5H3O4P/c7-1-2(8)4(10)6(12)5(11)3(1)9;5*1-5(2,3)4/h7-12H;5*(H3,1,2,3,4). The fraction of sp³-hybridized carbons (Fsp3) is 0. The van der Waals surface area contributed by atoms with Crippen LogP contribution in [0.3, 0.4) is 0 Å². The number of benzene rings is 1. The molecule has 0 atom stereocenters. The van der Waals surface area contributed by atoms with Gasteiger partial charge in [-0.05, 0) is 0 Å². The van der Waals surface area contributed by atoms with Gasteiger partial charge in [-0.3, -0.25) is 0 Å². The molecule has 0 aliphatic rings. The molecule has 0 saturated heterocycles. The van der Waals surface area contributed by atoms with Crippen LogP contribution in [0, 0.1) is 0 Å². The Morgan fingerprint density at radius 1 is 0.243 bits per heavy atom. The third-order valence-electron chi connectivity index (χ3n) is 1.35. The van der Waals surface area contributed by atoms with Gasteiger partial charge in [0.2, 0.25) is 34.5 Å². The lowest BCUT2D eigenvalue weighted by atomic mass is 10.2. The van der Waals surface area contributed by atoms with Gasteiger partial charge >= 0.3 is 39.1 Å². The number of rotatable bonds is 0. The fourth-order valence-electron chi connectivity index (χ4n) is 0.673. The monoisotopic (exact) mass is 664 g/mol. The molecule has 0 amide bonds. The topological polar surface area (TPSA) is 510 Å². The summed E-state index contributed by atoms with van der Waals surface area (Å²) < 4.78 is 44.4. The SMILES string of the molecule is O=P(O)(O)O.O=P(O)(O)O.O=P(O)(O)O.O=P(O)(O)O.O=P(O)(O)O.Oc1c(O)c(O)c(O)c(O)c1O. The van der Waals surface area contributed by atoms with Crippen molar-refractivity contribution in [2.75, 3.05) is 0 Å². The maximum atomic E-state index is 8.88. The molecule has 1 aromatic rings. The van der Waals surface area contributed by atoms with E-state index in [-0.39, 0.29) is 0 Å². The molecule has 1 rings (SSSR count). The normalized spacial score (nSPS) is 11.2. The molecule has 0 bridgehead atoms. The number of phosphoric acid groups is 5. The van der Waals surface area contributed by atoms with Crippen molar-refractivity contribution in [2.45, 2.75) is 0 Å². The van der Waals surface area contributed by atoms with E-state index in [1.54, 1.807) is 0 Å². The van der Waals surface area contributed by atoms with E-state index in [1.807, 2.05) is 0 Å². The Kier molecular flexibility index (Phi) is 22.1. The Hall–Kier alpha value is -1.43. The third kappa shape index (κ3) is 72.0. The highest BCUT2D eigenvalue weighted by atomic mass is 31.2. The zero-order chi connectivity index (χ0) is 32.0. The second-order valence-corrected chi connectivity index (χ2v) is 9.79. The van der Waals surface area contributed by atoms with E-state index in [0.717, 1.165) is 0 Å². The first kappa shape index (κ1) is 45.5. The summed E-state index contributed by atoms with van der Waals surface area (Å²) in [5, 5.41) is 52.6. The number of hydrogen-bond donors (Lipinski definition) is 21. The lowest BCUT2D eigenvalue weighted by Crippen LogP contribution is -1.77. The molecule has 0 saturated carbocycles. The third-order valence-corrected chi connectivity index (χ3v) is 1.35. The smallest absolute Gasteiger partial charge is 0.466 e. The maximum absolute atomic E-state index is 8.88. The highest BCUT2D eigenvalue weighted by Gasteiger charge is 2.22. The van der Waals surface area contributed by atoms with Crippen LogP contribution in [0.1, 0.15) is 0 Å². The Morgan fingerprint density at radius 3 is 0.297 bits per heavy atom. The van der Waals surface area contributed by atoms with Crippen molar-refractivity contribution in [3.8, 4) is 34.5 Å². The van der Waals surface area contributed by atoms with Crippen LogP contribution in [-0.4, -0.2) is 104 Å². The molecule has 1 aromatic carbocycles. The van der Waals surface area contributed by atoms with Crippen LogP contribution >= 0.6 is 39.1 Å². The zero-order valence-corrected chi connectivity index (χ0v) is 21.1. The van der Waals surface area contributed by atoms with Crippen LogP contribution in [0.4, 0.5) is 0 Å². The highest BCUT2D eigenvalue weighted by molar-refractivity contribution is 7.46. The van der Waals surface area contributed by atoms with Crippen molar-refractivity contribution in [1.82, 2.24) is 0 Å². The molecule has 0 aromatic heterocycles. The summed E-state index contributed by atoms with van der Waals surface area (Å²) in [5.41, 5.74) is 0. The molecule has 226 valence electrons. The van der Waals surface area contributed by atoms with Crippen molar-refractivity contribution in [3.63, 3.8) is 0 Å². The number of aromatic hydroxyl groups is 6. The lowest BCUT2D eigenvalue weighted by molar-refractivity contribution is 0.272. The van der Waals surface area contributed by atoms with Crippen LogP contribution in [0.15, 0.2) is 0 Å². The molecular weight excluding hydrogens is 643 g/mol. The minimum Gasteiger partial charge on any atom is -0.502 e. The van der Waals surface area contributed by atoms with Gasteiger partial charge in [-0.15, -0.1) is 0 Å². The second-order valence-electron chi connectivity index (χ2n) is 4.66. The number of phenols is 6. The molecule has 0 radical (unpaired) electrons. The quantitative estimate of drug-likeness (QED) is 0.0703. The summed E-state index contributed by atoms with van der Waals surface area (Å²) in [6.07, 6.45) is 0. The summed E-state index contributed by atoms with van der Waals surface area (Å²) in [5.74, 6) is -6.57. The maximum Gasteiger partial charge on any atom is 0.466 e. The summed E-state index contributed by atoms with van der Waals surface area (Å²) in [6, 6.07) is 0. The minimum absolute atomic E-state index is 1.09. The molecule has 21 N–H and O–H groups in total. The molecule has 0 spiro atoms. The van der Waals surface area contributed by atoms with Crippen LogP contribution in [0.25, 0.3) is 0 Å². The number of hydrogen-bond acceptors (Lipinski definition) is 11. The summed E-state index contributed by atoms with van der Waals surface area (Å²) in [4.78, 5) is 108. The average Bonchev–Trinajstić information content (AvgIpc) is 2.49. The molecule has 0 aliphatic heterocycles. The second kappa shape index (κ2) is 18.0. The van der Waals surface area contributed by atoms with Crippen molar-refractivity contribution < 1.29 is 127 Å². The van der Waals surface area contributed by atoms with Gasteiger partial charge < -0.3 is 104 Å². The van der Waals surface area contributed by atoms with Gasteiger partial charge in [0.25, 0.3) is 0 Å². The van der Waals surface area contributed by atoms with Crippen molar-refractivity contribution in [1.29, 1.82) is 0 Å². The molecule has 26 nitrogen and oxygen atoms in total. The van der Waals surface area contributed by atoms with Gasteiger partial charge in [-0.1, -0.05) is 0 Å². The van der Waals surface area contributed by atoms with E-state index in [2.05, 4.69) is 0 Å². The number of phenolic OH excluding ortho intramolecular Hbond substituents is 6. The molecule has 0 fully saturated rings. The summed E-state index contributed by atoms with van der Waals surface area (Å²) in [6.45, 7) is 0. The Balaban J connectivity index is -0.000000118. The van der Waals surface area contributed by atoms with Gasteiger partial charge in [0.05, 0.1) is 0 Å². The van der Waals surface area contributed by atoms with Crippen molar-refractivity contribution in [3.05, 3.63) is 0 Å². The Morgan fingerprint density at radius 2 is 0.270 bits per heavy atom. The fourth-order valence-corrected chi connectivity index (χ4v) is 0.673. The Labute approximate surface area is 201 Å². The van der Waals surface area contributed by atoms with Gasteiger partial charge in [0.15, 0.2) is 0 Å². The predicted molar refractivity (Wildman–Crippen MR) is 108 cm³/mol. The van der Waals surface area contributed by atoms with E-state index >= 15 is 0 Å². The van der Waals surface area contributed by atoms with Crippen LogP contribution in [-0.2, 0) is 22.8 Å². The van der Waals surface area contributed by atoms with Gasteiger partial charge in [-0.2, -0.15) is 0 Å². The molecule has 0 unspecified atom stereocenters. The van der Waals surface area contributed by atoms with E-state index in [1.165, 1.54) is 0 Å². The zero-order valence-electron chi connectivity index (χ0n) is 16.7. The molecule has 37 heavy (non-hydrogen) atoms. The first-order valence-electron chi connectivity index (χ1n) is 6.75. The van der Waals surface area contributed by atoms with Crippen LogP contribution in [0.5, 0.6) is 34.5 Å². The van der Waals surface area contributed by atoms with Gasteiger partial charge in [0.1, 0.15) is 0 Å². The summed E-state index contributed by atoms with van der Waals surface area (Å²) in [7, 11) is -23.2. The highest BCUT2D eigenvalue weighted by Crippen LogP contribution is 2.54. The van der Waals surface area contributed by atoms with Gasteiger partial charge in [0, 0.05) is 0 Å². The Bertz CT molecular complexity index is 768. The van der Waals surface area contributed by atoms with Crippen molar-refractivity contribution >= 4 is 39.1 Å².